The third kappa shape index (κ3) is 4.45. The fraction of sp³-hybridized carbons (Fsp3) is 0.938. The number of rotatable bonds is 8. The van der Waals surface area contributed by atoms with Crippen molar-refractivity contribution in [1.82, 2.24) is 15.5 Å². The molecule has 0 aliphatic carbocycles. The van der Waals surface area contributed by atoms with Crippen molar-refractivity contribution in [1.29, 1.82) is 0 Å². The summed E-state index contributed by atoms with van der Waals surface area (Å²) >= 11 is 0. The van der Waals surface area contributed by atoms with Crippen LogP contribution in [-0.2, 0) is 4.79 Å². The average molecular weight is 283 g/mol. The minimum absolute atomic E-state index is 0.186. The van der Waals surface area contributed by atoms with Gasteiger partial charge < -0.3 is 15.5 Å². The van der Waals surface area contributed by atoms with Crippen molar-refractivity contribution >= 4 is 5.91 Å². The lowest BCUT2D eigenvalue weighted by Gasteiger charge is -2.31. The first-order valence-corrected chi connectivity index (χ1v) is 8.09. The van der Waals surface area contributed by atoms with Crippen molar-refractivity contribution in [2.75, 3.05) is 33.2 Å². The van der Waals surface area contributed by atoms with E-state index in [1.54, 1.807) is 0 Å². The second-order valence-electron chi connectivity index (χ2n) is 6.77. The summed E-state index contributed by atoms with van der Waals surface area (Å²) in [6.07, 6.45) is 3.17. The van der Waals surface area contributed by atoms with Gasteiger partial charge in [-0.1, -0.05) is 13.8 Å². The van der Waals surface area contributed by atoms with Gasteiger partial charge in [0.2, 0.25) is 5.91 Å². The van der Waals surface area contributed by atoms with Gasteiger partial charge in [0.05, 0.1) is 5.41 Å². The zero-order chi connectivity index (χ0) is 15.2. The third-order valence-electron chi connectivity index (χ3n) is 4.85. The first kappa shape index (κ1) is 17.4. The molecule has 0 saturated carbocycles. The number of hydrogen-bond donors (Lipinski definition) is 2. The van der Waals surface area contributed by atoms with E-state index < -0.39 is 0 Å². The topological polar surface area (TPSA) is 44.4 Å². The van der Waals surface area contributed by atoms with Crippen LogP contribution < -0.4 is 10.6 Å². The van der Waals surface area contributed by atoms with Crippen LogP contribution in [0.1, 0.15) is 47.0 Å². The SMILES string of the molecule is CC(C)N(C)CCCCNC(=O)C1(C(C)C)CCNC1. The van der Waals surface area contributed by atoms with E-state index in [9.17, 15) is 4.79 Å². The molecule has 4 heteroatoms. The van der Waals surface area contributed by atoms with Gasteiger partial charge in [0.25, 0.3) is 0 Å². The van der Waals surface area contributed by atoms with Gasteiger partial charge in [0.15, 0.2) is 0 Å². The Balaban J connectivity index is 2.26. The highest BCUT2D eigenvalue weighted by atomic mass is 16.2. The number of carbonyl (C=O) groups is 1. The van der Waals surface area contributed by atoms with Crippen molar-refractivity contribution < 1.29 is 4.79 Å². The Kier molecular flexibility index (Phi) is 6.96. The largest absolute Gasteiger partial charge is 0.356 e. The summed E-state index contributed by atoms with van der Waals surface area (Å²) in [6.45, 7) is 12.4. The molecule has 20 heavy (non-hydrogen) atoms. The normalized spacial score (nSPS) is 23.0. The first-order chi connectivity index (χ1) is 9.40. The van der Waals surface area contributed by atoms with Gasteiger partial charge >= 0.3 is 0 Å². The number of nitrogens with one attached hydrogen (secondary N) is 2. The lowest BCUT2D eigenvalue weighted by atomic mass is 9.75. The fourth-order valence-corrected chi connectivity index (χ4v) is 2.78. The van der Waals surface area contributed by atoms with Crippen molar-refractivity contribution in [3.8, 4) is 0 Å². The van der Waals surface area contributed by atoms with Crippen LogP contribution in [0.2, 0.25) is 0 Å². The molecule has 1 unspecified atom stereocenters. The van der Waals surface area contributed by atoms with Gasteiger partial charge in [0.1, 0.15) is 0 Å². The highest BCUT2D eigenvalue weighted by Gasteiger charge is 2.43. The Labute approximate surface area is 124 Å². The summed E-state index contributed by atoms with van der Waals surface area (Å²) in [7, 11) is 2.15. The molecule has 1 atom stereocenters. The van der Waals surface area contributed by atoms with Crippen LogP contribution in [0.15, 0.2) is 0 Å². The molecule has 1 aliphatic rings. The van der Waals surface area contributed by atoms with E-state index in [4.69, 9.17) is 0 Å². The molecule has 1 fully saturated rings. The number of carbonyl (C=O) groups excluding carboxylic acids is 1. The van der Waals surface area contributed by atoms with Crippen LogP contribution in [0.4, 0.5) is 0 Å². The molecule has 2 N–H and O–H groups in total. The van der Waals surface area contributed by atoms with Crippen LogP contribution >= 0.6 is 0 Å². The Morgan fingerprint density at radius 3 is 2.50 bits per heavy atom. The Morgan fingerprint density at radius 1 is 1.30 bits per heavy atom. The molecule has 118 valence electrons. The van der Waals surface area contributed by atoms with Crippen LogP contribution in [0.25, 0.3) is 0 Å². The lowest BCUT2D eigenvalue weighted by molar-refractivity contribution is -0.132. The number of amides is 1. The van der Waals surface area contributed by atoms with Gasteiger partial charge in [0, 0.05) is 19.1 Å². The van der Waals surface area contributed by atoms with Gasteiger partial charge in [-0.2, -0.15) is 0 Å². The molecule has 0 spiro atoms. The number of unbranched alkanes of at least 4 members (excludes halogenated alkanes) is 1. The highest BCUT2D eigenvalue weighted by Crippen LogP contribution is 2.34. The molecule has 4 nitrogen and oxygen atoms in total. The number of nitrogens with zero attached hydrogens (tertiary/aromatic N) is 1. The average Bonchev–Trinajstić information content (AvgIpc) is 2.88. The highest BCUT2D eigenvalue weighted by molar-refractivity contribution is 5.83. The molecular formula is C16H33N3O. The van der Waals surface area contributed by atoms with Crippen molar-refractivity contribution in [2.45, 2.75) is 53.0 Å². The molecule has 0 aromatic heterocycles. The Hall–Kier alpha value is -0.610. The van der Waals surface area contributed by atoms with E-state index in [0.29, 0.717) is 12.0 Å². The monoisotopic (exact) mass is 283 g/mol. The molecule has 0 radical (unpaired) electrons. The van der Waals surface area contributed by atoms with E-state index in [1.807, 2.05) is 0 Å². The second kappa shape index (κ2) is 7.99. The summed E-state index contributed by atoms with van der Waals surface area (Å²) in [5.41, 5.74) is -0.186. The van der Waals surface area contributed by atoms with Crippen molar-refractivity contribution in [3.63, 3.8) is 0 Å². The summed E-state index contributed by atoms with van der Waals surface area (Å²) in [4.78, 5) is 14.8. The Morgan fingerprint density at radius 2 is 2.00 bits per heavy atom. The zero-order valence-corrected chi connectivity index (χ0v) is 14.0. The molecule has 0 aromatic carbocycles. The molecule has 1 aliphatic heterocycles. The quantitative estimate of drug-likeness (QED) is 0.668. The molecule has 1 saturated heterocycles. The second-order valence-corrected chi connectivity index (χ2v) is 6.77. The number of hydrogen-bond acceptors (Lipinski definition) is 3. The molecule has 1 amide bonds. The predicted octanol–water partition coefficient (Wildman–Crippen LogP) is 1.86. The fourth-order valence-electron chi connectivity index (χ4n) is 2.78. The summed E-state index contributed by atoms with van der Waals surface area (Å²) in [5.74, 6) is 0.638. The van der Waals surface area contributed by atoms with Gasteiger partial charge in [-0.05, 0) is 59.2 Å². The minimum atomic E-state index is -0.186. The van der Waals surface area contributed by atoms with E-state index in [2.05, 4.69) is 50.3 Å². The van der Waals surface area contributed by atoms with Gasteiger partial charge in [-0.15, -0.1) is 0 Å². The molecule has 0 bridgehead atoms. The van der Waals surface area contributed by atoms with Crippen molar-refractivity contribution in [3.05, 3.63) is 0 Å². The van der Waals surface area contributed by atoms with E-state index in [0.717, 1.165) is 45.4 Å². The predicted molar refractivity (Wildman–Crippen MR) is 84.8 cm³/mol. The maximum absolute atomic E-state index is 12.5. The van der Waals surface area contributed by atoms with Crippen LogP contribution in [0.5, 0.6) is 0 Å². The smallest absolute Gasteiger partial charge is 0.227 e. The van der Waals surface area contributed by atoms with Crippen LogP contribution in [0, 0.1) is 11.3 Å². The maximum Gasteiger partial charge on any atom is 0.227 e. The first-order valence-electron chi connectivity index (χ1n) is 8.09. The van der Waals surface area contributed by atoms with E-state index in [-0.39, 0.29) is 11.3 Å². The molecule has 1 rings (SSSR count). The summed E-state index contributed by atoms with van der Waals surface area (Å²) in [6, 6.07) is 0.596. The summed E-state index contributed by atoms with van der Waals surface area (Å²) < 4.78 is 0. The van der Waals surface area contributed by atoms with Crippen LogP contribution in [0.3, 0.4) is 0 Å². The molecular weight excluding hydrogens is 250 g/mol. The van der Waals surface area contributed by atoms with Gasteiger partial charge in [-0.25, -0.2) is 0 Å². The van der Waals surface area contributed by atoms with Crippen molar-refractivity contribution in [2.24, 2.45) is 11.3 Å². The zero-order valence-electron chi connectivity index (χ0n) is 14.0. The Bertz CT molecular complexity index is 296. The minimum Gasteiger partial charge on any atom is -0.356 e. The molecule has 0 aromatic rings. The van der Waals surface area contributed by atoms with E-state index in [1.165, 1.54) is 0 Å². The molecule has 1 heterocycles. The van der Waals surface area contributed by atoms with Crippen LogP contribution in [-0.4, -0.2) is 50.1 Å². The van der Waals surface area contributed by atoms with Gasteiger partial charge in [-0.3, -0.25) is 4.79 Å². The summed E-state index contributed by atoms with van der Waals surface area (Å²) in [5, 5.41) is 6.49. The maximum atomic E-state index is 12.5. The van der Waals surface area contributed by atoms with E-state index >= 15 is 0 Å². The third-order valence-corrected chi connectivity index (χ3v) is 4.85. The standard InChI is InChI=1S/C16H33N3O/c1-13(2)16(8-10-17-12-16)15(20)18-9-6-7-11-19(5)14(3)4/h13-14,17H,6-12H2,1-5H3,(H,18,20). The lowest BCUT2D eigenvalue weighted by Crippen LogP contribution is -2.46.